The normalized spacial score (nSPS) is 11.4. The van der Waals surface area contributed by atoms with E-state index in [-0.39, 0.29) is 45.5 Å². The Kier molecular flexibility index (Phi) is 22.2. The Hall–Kier alpha value is 1.59. The van der Waals surface area contributed by atoms with Crippen LogP contribution in [0.3, 0.4) is 0 Å². The number of unbranched alkanes of at least 4 members (excludes halogenated alkanes) is 10. The predicted octanol–water partition coefficient (Wildman–Crippen LogP) is 4.92. The summed E-state index contributed by atoms with van der Waals surface area (Å²) in [6.45, 7) is 5.01. The standard InChI is InChI=1S/C16H35O4P.Sr.2H/c1-3-5-7-9-11-13-15-19-21(17,18)20-16-14-12-10-8-6-4-2;;;/h3-16H2,1-2H3,(H,17,18);;;. The Morgan fingerprint density at radius 1 is 0.682 bits per heavy atom. The van der Waals surface area contributed by atoms with Crippen LogP contribution in [-0.2, 0) is 13.6 Å². The molecule has 0 aromatic rings. The fourth-order valence-corrected chi connectivity index (χ4v) is 2.96. The minimum absolute atomic E-state index is 0. The van der Waals surface area contributed by atoms with Crippen molar-refractivity contribution in [1.29, 1.82) is 0 Å². The first-order valence-corrected chi connectivity index (χ1v) is 10.2. The van der Waals surface area contributed by atoms with E-state index >= 15 is 0 Å². The second-order valence-electron chi connectivity index (χ2n) is 5.67. The maximum atomic E-state index is 11.6. The topological polar surface area (TPSA) is 55.8 Å². The van der Waals surface area contributed by atoms with Gasteiger partial charge in [-0.2, -0.15) is 0 Å². The molecule has 6 heteroatoms. The third-order valence-corrected chi connectivity index (χ3v) is 4.52. The molecule has 0 saturated carbocycles. The van der Waals surface area contributed by atoms with E-state index in [1.165, 1.54) is 51.4 Å². The van der Waals surface area contributed by atoms with Crippen LogP contribution in [0.5, 0.6) is 0 Å². The van der Waals surface area contributed by atoms with Crippen molar-refractivity contribution in [3.05, 3.63) is 0 Å². The zero-order chi connectivity index (χ0) is 15.8. The van der Waals surface area contributed by atoms with Crippen LogP contribution in [0.4, 0.5) is 0 Å². The van der Waals surface area contributed by atoms with Gasteiger partial charge in [-0.25, -0.2) is 4.57 Å². The molecule has 0 atom stereocenters. The monoisotopic (exact) mass is 412 g/mol. The van der Waals surface area contributed by atoms with E-state index in [1.807, 2.05) is 0 Å². The molecule has 132 valence electrons. The summed E-state index contributed by atoms with van der Waals surface area (Å²) in [4.78, 5) is 9.51. The molecule has 0 unspecified atom stereocenters. The van der Waals surface area contributed by atoms with Gasteiger partial charge in [-0.3, -0.25) is 9.05 Å². The summed E-state index contributed by atoms with van der Waals surface area (Å²) in [6.07, 6.45) is 13.6. The van der Waals surface area contributed by atoms with Crippen LogP contribution in [0.25, 0.3) is 0 Å². The molecule has 0 fully saturated rings. The average molecular weight is 412 g/mol. The summed E-state index contributed by atoms with van der Waals surface area (Å²) in [5.41, 5.74) is 0. The summed E-state index contributed by atoms with van der Waals surface area (Å²) >= 11 is 0. The quantitative estimate of drug-likeness (QED) is 0.222. The third kappa shape index (κ3) is 19.6. The third-order valence-electron chi connectivity index (χ3n) is 3.50. The van der Waals surface area contributed by atoms with Crippen LogP contribution in [0.1, 0.15) is 90.9 Å². The zero-order valence-electron chi connectivity index (χ0n) is 14.0. The van der Waals surface area contributed by atoms with Crippen LogP contribution in [0, 0.1) is 0 Å². The van der Waals surface area contributed by atoms with E-state index in [1.54, 1.807) is 0 Å². The molecule has 0 aliphatic rings. The van der Waals surface area contributed by atoms with E-state index in [4.69, 9.17) is 9.05 Å². The Morgan fingerprint density at radius 3 is 1.36 bits per heavy atom. The Bertz CT molecular complexity index is 243. The summed E-state index contributed by atoms with van der Waals surface area (Å²) < 4.78 is 21.5. The SMILES string of the molecule is CCCCCCCCOP(=O)(O)OCCCCCCCC.[SrH2]. The van der Waals surface area contributed by atoms with Crippen molar-refractivity contribution in [3.63, 3.8) is 0 Å². The van der Waals surface area contributed by atoms with Gasteiger partial charge in [0.15, 0.2) is 0 Å². The van der Waals surface area contributed by atoms with Gasteiger partial charge >= 0.3 is 53.3 Å². The molecule has 0 spiro atoms. The van der Waals surface area contributed by atoms with Gasteiger partial charge in [0.1, 0.15) is 0 Å². The molecule has 0 saturated heterocycles. The van der Waals surface area contributed by atoms with Crippen LogP contribution < -0.4 is 0 Å². The van der Waals surface area contributed by atoms with Crippen molar-refractivity contribution < 1.29 is 18.5 Å². The number of rotatable bonds is 16. The van der Waals surface area contributed by atoms with Crippen molar-refractivity contribution in [3.8, 4) is 0 Å². The van der Waals surface area contributed by atoms with Crippen LogP contribution >= 0.6 is 7.82 Å². The van der Waals surface area contributed by atoms with Gasteiger partial charge < -0.3 is 4.89 Å². The minimum atomic E-state index is -3.82. The fourth-order valence-electron chi connectivity index (χ4n) is 2.16. The Balaban J connectivity index is 0. The Labute approximate surface area is 174 Å². The van der Waals surface area contributed by atoms with Crippen molar-refractivity contribution in [1.82, 2.24) is 0 Å². The summed E-state index contributed by atoms with van der Waals surface area (Å²) in [5.74, 6) is 0. The summed E-state index contributed by atoms with van der Waals surface area (Å²) in [6, 6.07) is 0. The molecule has 0 aromatic carbocycles. The van der Waals surface area contributed by atoms with Gasteiger partial charge in [-0.05, 0) is 12.8 Å². The first kappa shape index (κ1) is 25.8. The van der Waals surface area contributed by atoms with E-state index < -0.39 is 7.82 Å². The van der Waals surface area contributed by atoms with Gasteiger partial charge in [-0.15, -0.1) is 0 Å². The van der Waals surface area contributed by atoms with E-state index in [0.717, 1.165) is 25.7 Å². The summed E-state index contributed by atoms with van der Waals surface area (Å²) in [5, 5.41) is 0. The average Bonchev–Trinajstić information content (AvgIpc) is 2.45. The second kappa shape index (κ2) is 18.9. The van der Waals surface area contributed by atoms with Gasteiger partial charge in [0.05, 0.1) is 13.2 Å². The van der Waals surface area contributed by atoms with Crippen molar-refractivity contribution >= 4 is 53.3 Å². The van der Waals surface area contributed by atoms with Gasteiger partial charge in [-0.1, -0.05) is 78.1 Å². The molecular formula is C16H37O4PSr. The molecule has 0 rings (SSSR count). The van der Waals surface area contributed by atoms with Gasteiger partial charge in [0.2, 0.25) is 0 Å². The predicted molar refractivity (Wildman–Crippen MR) is 97.0 cm³/mol. The van der Waals surface area contributed by atoms with Crippen LogP contribution in [0.15, 0.2) is 0 Å². The number of phosphoric acid groups is 1. The van der Waals surface area contributed by atoms with Gasteiger partial charge in [0, 0.05) is 0 Å². The molecule has 1 N–H and O–H groups in total. The molecule has 0 radical (unpaired) electrons. The van der Waals surface area contributed by atoms with Crippen molar-refractivity contribution in [2.75, 3.05) is 13.2 Å². The molecule has 0 heterocycles. The molecular weight excluding hydrogens is 375 g/mol. The zero-order valence-corrected chi connectivity index (χ0v) is 14.9. The van der Waals surface area contributed by atoms with Crippen LogP contribution in [-0.4, -0.2) is 63.6 Å². The summed E-state index contributed by atoms with van der Waals surface area (Å²) in [7, 11) is -3.82. The second-order valence-corrected chi connectivity index (χ2v) is 7.12. The van der Waals surface area contributed by atoms with E-state index in [0.29, 0.717) is 13.2 Å². The molecule has 0 aliphatic heterocycles. The maximum absolute atomic E-state index is 11.6. The first-order chi connectivity index (χ1) is 10.1. The molecule has 0 bridgehead atoms. The molecule has 22 heavy (non-hydrogen) atoms. The number of hydrogen-bond acceptors (Lipinski definition) is 3. The first-order valence-electron chi connectivity index (χ1n) is 8.74. The molecule has 0 aromatic heterocycles. The molecule has 0 amide bonds. The molecule has 4 nitrogen and oxygen atoms in total. The van der Waals surface area contributed by atoms with Crippen molar-refractivity contribution in [2.45, 2.75) is 90.9 Å². The van der Waals surface area contributed by atoms with E-state index in [2.05, 4.69) is 13.8 Å². The van der Waals surface area contributed by atoms with Crippen molar-refractivity contribution in [2.24, 2.45) is 0 Å². The number of phosphoric ester groups is 1. The van der Waals surface area contributed by atoms with Crippen LogP contribution in [0.2, 0.25) is 0 Å². The van der Waals surface area contributed by atoms with E-state index in [9.17, 15) is 9.46 Å². The Morgan fingerprint density at radius 2 is 1.00 bits per heavy atom. The fraction of sp³-hybridized carbons (Fsp3) is 1.00. The number of hydrogen-bond donors (Lipinski definition) is 1. The molecule has 0 aliphatic carbocycles. The van der Waals surface area contributed by atoms with Gasteiger partial charge in [0.25, 0.3) is 0 Å².